The molecule has 0 heterocycles. The first kappa shape index (κ1) is 15.4. The van der Waals surface area contributed by atoms with Crippen molar-refractivity contribution in [3.63, 3.8) is 0 Å². The maximum Gasteiger partial charge on any atom is 0.189 e. The van der Waals surface area contributed by atoms with Gasteiger partial charge in [-0.05, 0) is 81.4 Å². The number of hydrogen-bond donors (Lipinski definition) is 1. The van der Waals surface area contributed by atoms with Gasteiger partial charge in [-0.25, -0.2) is 0 Å². The lowest BCUT2D eigenvalue weighted by Crippen LogP contribution is -1.75. The van der Waals surface area contributed by atoms with Crippen LogP contribution in [0.5, 0.6) is 5.75 Å². The van der Waals surface area contributed by atoms with Crippen molar-refractivity contribution in [3.05, 3.63) is 29.8 Å². The van der Waals surface area contributed by atoms with Crippen molar-refractivity contribution in [1.29, 1.82) is 0 Å². The predicted molar refractivity (Wildman–Crippen MR) is 79.2 cm³/mol. The van der Waals surface area contributed by atoms with Gasteiger partial charge >= 0.3 is 0 Å². The van der Waals surface area contributed by atoms with Gasteiger partial charge in [-0.3, -0.25) is 0 Å². The summed E-state index contributed by atoms with van der Waals surface area (Å²) >= 11 is 15.8. The molecule has 0 aliphatic heterocycles. The summed E-state index contributed by atoms with van der Waals surface area (Å²) in [6.45, 7) is 0. The van der Waals surface area contributed by atoms with Crippen LogP contribution in [0.25, 0.3) is 0 Å². The highest BCUT2D eigenvalue weighted by Gasteiger charge is 2.08. The van der Waals surface area contributed by atoms with Crippen LogP contribution < -0.4 is 0 Å². The van der Waals surface area contributed by atoms with Crippen LogP contribution in [0.4, 0.5) is 0 Å². The van der Waals surface area contributed by atoms with Gasteiger partial charge in [0, 0.05) is 5.33 Å². The second kappa shape index (κ2) is 7.65. The Hall–Kier alpha value is 1.42. The summed E-state index contributed by atoms with van der Waals surface area (Å²) in [7, 11) is 0. The number of aromatic hydroxyl groups is 1. The first-order valence-corrected chi connectivity index (χ1v) is 7.72. The van der Waals surface area contributed by atoms with Crippen molar-refractivity contribution >= 4 is 79.6 Å². The van der Waals surface area contributed by atoms with Crippen molar-refractivity contribution < 1.29 is 5.11 Å². The Morgan fingerprint density at radius 2 is 1.64 bits per heavy atom. The summed E-state index contributed by atoms with van der Waals surface area (Å²) in [5.74, 6) is 0.326. The van der Waals surface area contributed by atoms with Crippen molar-refractivity contribution in [2.45, 2.75) is 6.38 Å². The van der Waals surface area contributed by atoms with Crippen molar-refractivity contribution in [1.82, 2.24) is 0 Å². The summed E-state index contributed by atoms with van der Waals surface area (Å²) in [6, 6.07) is 7.17. The van der Waals surface area contributed by atoms with Crippen LogP contribution in [-0.2, 0) is 5.33 Å². The predicted octanol–water partition coefficient (Wildman–Crippen LogP) is 5.46. The van der Waals surface area contributed by atoms with E-state index in [1.165, 1.54) is 0 Å². The van der Waals surface area contributed by atoms with E-state index in [1.807, 2.05) is 12.1 Å². The molecule has 0 aromatic heterocycles. The molecule has 0 spiro atoms. The number of rotatable bonds is 1. The smallest absolute Gasteiger partial charge is 0.189 e. The van der Waals surface area contributed by atoms with Gasteiger partial charge in [0.25, 0.3) is 0 Å². The van der Waals surface area contributed by atoms with Gasteiger partial charge in [0.15, 0.2) is 1.05 Å². The second-order valence-electron chi connectivity index (χ2n) is 2.23. The van der Waals surface area contributed by atoms with Gasteiger partial charge in [-0.1, -0.05) is 28.1 Å². The summed E-state index contributed by atoms with van der Waals surface area (Å²) in [4.78, 5) is 0. The maximum atomic E-state index is 8.92. The fourth-order valence-electron chi connectivity index (χ4n) is 0.640. The lowest BCUT2D eigenvalue weighted by Gasteiger charge is -1.93. The lowest BCUT2D eigenvalue weighted by atomic mass is 10.2. The van der Waals surface area contributed by atoms with Crippen molar-refractivity contribution in [2.75, 3.05) is 0 Å². The molecule has 1 rings (SSSR count). The summed E-state index contributed by atoms with van der Waals surface area (Å²) in [6.07, 6.45) is 0. The minimum Gasteiger partial charge on any atom is -0.508 e. The van der Waals surface area contributed by atoms with E-state index < -0.39 is 0 Å². The number of phenolic OH excluding ortho intramolecular Hbond substituents is 1. The summed E-state index contributed by atoms with van der Waals surface area (Å²) in [5, 5.41) is 9.72. The van der Waals surface area contributed by atoms with E-state index in [-0.39, 0.29) is 1.05 Å². The van der Waals surface area contributed by atoms with E-state index in [0.29, 0.717) is 5.75 Å². The zero-order valence-corrected chi connectivity index (χ0v) is 14.8. The molecule has 80 valence electrons. The zero-order valence-electron chi connectivity index (χ0n) is 6.85. The first-order chi connectivity index (χ1) is 6.33. The average molecular weight is 519 g/mol. The van der Waals surface area contributed by atoms with E-state index in [2.05, 4.69) is 79.6 Å². The van der Waals surface area contributed by atoms with Crippen LogP contribution in [0.15, 0.2) is 24.3 Å². The van der Waals surface area contributed by atoms with E-state index in [0.717, 1.165) is 10.9 Å². The molecule has 0 saturated heterocycles. The van der Waals surface area contributed by atoms with Gasteiger partial charge < -0.3 is 5.11 Å². The molecule has 0 atom stereocenters. The first-order valence-electron chi connectivity index (χ1n) is 3.42. The Morgan fingerprint density at radius 1 is 1.14 bits per heavy atom. The number of benzene rings is 1. The number of alkyl halides is 5. The third-order valence-corrected chi connectivity index (χ3v) is 1.71. The molecule has 1 N–H and O–H groups in total. The molecule has 0 aliphatic carbocycles. The molecule has 0 unspecified atom stereocenters. The van der Waals surface area contributed by atoms with E-state index in [1.54, 1.807) is 12.1 Å². The molecule has 0 radical (unpaired) electrons. The van der Waals surface area contributed by atoms with Gasteiger partial charge in [-0.2, -0.15) is 0 Å². The van der Waals surface area contributed by atoms with Crippen LogP contribution >= 0.6 is 79.6 Å². The van der Waals surface area contributed by atoms with Crippen LogP contribution in [0, 0.1) is 0 Å². The largest absolute Gasteiger partial charge is 0.508 e. The van der Waals surface area contributed by atoms with Crippen LogP contribution in [0.2, 0.25) is 0 Å². The summed E-state index contributed by atoms with van der Waals surface area (Å²) < 4.78 is -0.250. The van der Waals surface area contributed by atoms with Crippen molar-refractivity contribution in [2.24, 2.45) is 0 Å². The second-order valence-corrected chi connectivity index (χ2v) is 13.9. The molecule has 0 bridgehead atoms. The molecule has 6 heteroatoms. The number of halogens is 5. The Balaban J connectivity index is 0.000000292. The van der Waals surface area contributed by atoms with Crippen LogP contribution in [0.1, 0.15) is 5.56 Å². The molecule has 1 nitrogen and oxygen atoms in total. The van der Waals surface area contributed by atoms with Gasteiger partial charge in [0.2, 0.25) is 0 Å². The molecule has 14 heavy (non-hydrogen) atoms. The summed E-state index contributed by atoms with van der Waals surface area (Å²) in [5.41, 5.74) is 1.09. The lowest BCUT2D eigenvalue weighted by molar-refractivity contribution is 0.475. The Morgan fingerprint density at radius 3 is 1.93 bits per heavy atom. The molecule has 0 amide bonds. The fraction of sp³-hybridized carbons (Fsp3) is 0.250. The van der Waals surface area contributed by atoms with E-state index >= 15 is 0 Å². The SMILES string of the molecule is BrC(Br)(Br)Br.Oc1cccc(CBr)c1. The fourth-order valence-corrected chi connectivity index (χ4v) is 0.988. The molecular formula is C8H7Br5O. The van der Waals surface area contributed by atoms with E-state index in [4.69, 9.17) is 5.11 Å². The molecule has 1 aromatic rings. The minimum absolute atomic E-state index is 0.250. The normalized spacial score (nSPS) is 10.4. The third-order valence-electron chi connectivity index (χ3n) is 1.06. The monoisotopic (exact) mass is 514 g/mol. The van der Waals surface area contributed by atoms with Gasteiger partial charge in [0.05, 0.1) is 0 Å². The minimum atomic E-state index is -0.250. The molecule has 1 aromatic carbocycles. The number of hydrogen-bond acceptors (Lipinski definition) is 1. The van der Waals surface area contributed by atoms with Crippen molar-refractivity contribution in [3.8, 4) is 5.75 Å². The van der Waals surface area contributed by atoms with Crippen LogP contribution in [-0.4, -0.2) is 6.16 Å². The zero-order chi connectivity index (χ0) is 11.2. The maximum absolute atomic E-state index is 8.92. The Bertz CT molecular complexity index is 265. The van der Waals surface area contributed by atoms with Gasteiger partial charge in [0.1, 0.15) is 5.75 Å². The highest BCUT2D eigenvalue weighted by Crippen LogP contribution is 2.39. The standard InChI is InChI=1S/C7H7BrO.CBr4/c8-5-6-2-1-3-7(9)4-6;2-1(3,4)5/h1-4,9H,5H2;. The molecule has 0 aliphatic rings. The van der Waals surface area contributed by atoms with Crippen LogP contribution in [0.3, 0.4) is 0 Å². The molecular weight excluding hydrogens is 512 g/mol. The molecule has 0 fully saturated rings. The topological polar surface area (TPSA) is 20.2 Å². The highest BCUT2D eigenvalue weighted by atomic mass is 80.0. The Labute approximate surface area is 125 Å². The van der Waals surface area contributed by atoms with E-state index in [9.17, 15) is 0 Å². The average Bonchev–Trinajstić information content (AvgIpc) is 2.01. The van der Waals surface area contributed by atoms with Gasteiger partial charge in [-0.15, -0.1) is 0 Å². The molecule has 0 saturated carbocycles. The quantitative estimate of drug-likeness (QED) is 0.490. The Kier molecular flexibility index (Phi) is 8.43. The highest BCUT2D eigenvalue weighted by molar-refractivity contribution is 9.52. The third kappa shape index (κ3) is 11.5. The number of phenols is 1.